The highest BCUT2D eigenvalue weighted by Crippen LogP contribution is 2.25. The minimum Gasteiger partial charge on any atom is -0.475 e. The fraction of sp³-hybridized carbons (Fsp3) is 0.789. The number of nitrogens with one attached hydrogen (secondary N) is 1. The normalized spacial score (nSPS) is 24.4. The average Bonchev–Trinajstić information content (AvgIpc) is 2.72. The quantitative estimate of drug-likeness (QED) is 0.306. The summed E-state index contributed by atoms with van der Waals surface area (Å²) in [6, 6.07) is 1.52. The largest absolute Gasteiger partial charge is 0.475 e. The third kappa shape index (κ3) is 8.37. The first-order valence-electron chi connectivity index (χ1n) is 10.2. The molecule has 1 aliphatic rings. The van der Waals surface area contributed by atoms with E-state index in [2.05, 4.69) is 22.2 Å². The van der Waals surface area contributed by atoms with E-state index in [1.165, 1.54) is 0 Å². The van der Waals surface area contributed by atoms with Crippen molar-refractivity contribution in [3.63, 3.8) is 0 Å². The van der Waals surface area contributed by atoms with Crippen LogP contribution in [0.15, 0.2) is 12.3 Å². The molecule has 0 radical (unpaired) electrons. The van der Waals surface area contributed by atoms with Crippen molar-refractivity contribution in [1.82, 2.24) is 9.97 Å². The molecule has 1 fully saturated rings. The van der Waals surface area contributed by atoms with Crippen LogP contribution in [-0.2, 0) is 14.2 Å². The van der Waals surface area contributed by atoms with E-state index in [1.807, 2.05) is 0 Å². The molecule has 2 heterocycles. The summed E-state index contributed by atoms with van der Waals surface area (Å²) < 4.78 is 22.1. The molecule has 0 amide bonds. The van der Waals surface area contributed by atoms with Crippen LogP contribution in [0, 0.1) is 0 Å². The molecule has 5 N–H and O–H groups in total. The molecular formula is C19H34N4O6. The van der Waals surface area contributed by atoms with Crippen LogP contribution in [0.25, 0.3) is 0 Å². The highest BCUT2D eigenvalue weighted by atomic mass is 16.5. The van der Waals surface area contributed by atoms with Crippen LogP contribution in [0.4, 0.5) is 5.95 Å². The van der Waals surface area contributed by atoms with Crippen LogP contribution < -0.4 is 15.8 Å². The highest BCUT2D eigenvalue weighted by Gasteiger charge is 2.36. The van der Waals surface area contributed by atoms with E-state index in [0.29, 0.717) is 57.8 Å². The Bertz CT molecular complexity index is 567. The fourth-order valence-corrected chi connectivity index (χ4v) is 3.11. The molecule has 0 spiro atoms. The molecule has 1 aromatic heterocycles. The van der Waals surface area contributed by atoms with Crippen molar-refractivity contribution in [1.29, 1.82) is 0 Å². The van der Waals surface area contributed by atoms with Gasteiger partial charge in [0.15, 0.2) is 0 Å². The Hall–Kier alpha value is -1.56. The number of rotatable bonds is 14. The predicted octanol–water partition coefficient (Wildman–Crippen LogP) is -0.0614. The van der Waals surface area contributed by atoms with E-state index in [4.69, 9.17) is 24.7 Å². The van der Waals surface area contributed by atoms with Gasteiger partial charge in [0.1, 0.15) is 12.7 Å². The number of aliphatic hydroxyl groups excluding tert-OH is 2. The second kappa shape index (κ2) is 13.6. The van der Waals surface area contributed by atoms with E-state index >= 15 is 0 Å². The van der Waals surface area contributed by atoms with E-state index < -0.39 is 12.2 Å². The molecule has 0 aromatic carbocycles. The van der Waals surface area contributed by atoms with Crippen LogP contribution in [0.1, 0.15) is 26.2 Å². The van der Waals surface area contributed by atoms with Gasteiger partial charge in [0.05, 0.1) is 51.3 Å². The van der Waals surface area contributed by atoms with Crippen molar-refractivity contribution in [3.8, 4) is 5.88 Å². The number of nitrogens with zero attached hydrogens (tertiary/aromatic N) is 2. The third-order valence-corrected chi connectivity index (χ3v) is 4.53. The molecule has 10 heteroatoms. The summed E-state index contributed by atoms with van der Waals surface area (Å²) in [5.41, 5.74) is 5.34. The molecule has 10 nitrogen and oxygen atoms in total. The Morgan fingerprint density at radius 3 is 2.69 bits per heavy atom. The molecule has 0 bridgehead atoms. The maximum Gasteiger partial charge on any atom is 0.226 e. The molecule has 1 aliphatic heterocycles. The standard InChI is InChI=1S/C19H34N4O6/c1-2-3-16-14(12-15(25)17(13-24)29-16)22-19-21-6-4-18(23-19)28-11-10-27-9-8-26-7-5-20/h4,6,14-17,24-25H,2-3,5,7-13,20H2,1H3,(H,21,22,23)/t14-,15-,16-,17-/m1/s1. The van der Waals surface area contributed by atoms with Gasteiger partial charge in [-0.3, -0.25) is 0 Å². The number of hydrogen-bond acceptors (Lipinski definition) is 10. The van der Waals surface area contributed by atoms with Crippen molar-refractivity contribution in [2.75, 3.05) is 51.5 Å². The smallest absolute Gasteiger partial charge is 0.226 e. The minimum atomic E-state index is -0.740. The van der Waals surface area contributed by atoms with Gasteiger partial charge in [0.2, 0.25) is 11.8 Å². The SMILES string of the molecule is CCC[C@H]1O[C@H](CO)[C@H](O)C[C@H]1Nc1nccc(OCCOCCOCCN)n1. The molecule has 29 heavy (non-hydrogen) atoms. The number of anilines is 1. The van der Waals surface area contributed by atoms with Crippen molar-refractivity contribution in [2.24, 2.45) is 5.73 Å². The first-order valence-corrected chi connectivity index (χ1v) is 10.2. The summed E-state index contributed by atoms with van der Waals surface area (Å²) in [4.78, 5) is 8.59. The Kier molecular flexibility index (Phi) is 11.1. The topological polar surface area (TPSA) is 141 Å². The lowest BCUT2D eigenvalue weighted by Crippen LogP contribution is -2.51. The van der Waals surface area contributed by atoms with Gasteiger partial charge in [0.25, 0.3) is 0 Å². The van der Waals surface area contributed by atoms with Gasteiger partial charge in [-0.2, -0.15) is 4.98 Å². The lowest BCUT2D eigenvalue weighted by molar-refractivity contribution is -0.140. The van der Waals surface area contributed by atoms with Crippen LogP contribution >= 0.6 is 0 Å². The Morgan fingerprint density at radius 2 is 1.97 bits per heavy atom. The Morgan fingerprint density at radius 1 is 1.21 bits per heavy atom. The molecular weight excluding hydrogens is 380 g/mol. The third-order valence-electron chi connectivity index (χ3n) is 4.53. The second-order valence-electron chi connectivity index (χ2n) is 6.82. The van der Waals surface area contributed by atoms with Crippen LogP contribution in [0.5, 0.6) is 5.88 Å². The zero-order valence-corrected chi connectivity index (χ0v) is 17.0. The number of hydrogen-bond donors (Lipinski definition) is 4. The van der Waals surface area contributed by atoms with Gasteiger partial charge in [0, 0.05) is 18.8 Å². The summed E-state index contributed by atoms with van der Waals surface area (Å²) in [7, 11) is 0. The zero-order valence-electron chi connectivity index (χ0n) is 17.0. The van der Waals surface area contributed by atoms with Gasteiger partial charge < -0.3 is 40.2 Å². The second-order valence-corrected chi connectivity index (χ2v) is 6.82. The number of ether oxygens (including phenoxy) is 4. The monoisotopic (exact) mass is 414 g/mol. The average molecular weight is 415 g/mol. The lowest BCUT2D eigenvalue weighted by atomic mass is 9.93. The van der Waals surface area contributed by atoms with Gasteiger partial charge in [-0.25, -0.2) is 4.98 Å². The summed E-state index contributed by atoms with van der Waals surface area (Å²) in [6.07, 6.45) is 2.37. The minimum absolute atomic E-state index is 0.136. The van der Waals surface area contributed by atoms with Gasteiger partial charge in [-0.15, -0.1) is 0 Å². The summed E-state index contributed by atoms with van der Waals surface area (Å²) in [5, 5.41) is 22.8. The highest BCUT2D eigenvalue weighted by molar-refractivity contribution is 5.29. The van der Waals surface area contributed by atoms with Gasteiger partial charge in [-0.05, 0) is 12.8 Å². The molecule has 0 unspecified atom stereocenters. The number of aliphatic hydroxyl groups is 2. The van der Waals surface area contributed by atoms with E-state index in [1.54, 1.807) is 12.3 Å². The maximum atomic E-state index is 10.2. The first-order chi connectivity index (χ1) is 14.2. The first kappa shape index (κ1) is 23.7. The lowest BCUT2D eigenvalue weighted by Gasteiger charge is -2.39. The zero-order chi connectivity index (χ0) is 20.9. The van der Waals surface area contributed by atoms with Crippen molar-refractivity contribution in [3.05, 3.63) is 12.3 Å². The van der Waals surface area contributed by atoms with Crippen molar-refractivity contribution in [2.45, 2.75) is 50.5 Å². The molecule has 2 rings (SSSR count). The molecule has 4 atom stereocenters. The Balaban J connectivity index is 1.79. The summed E-state index contributed by atoms with van der Waals surface area (Å²) >= 11 is 0. The molecule has 0 aliphatic carbocycles. The van der Waals surface area contributed by atoms with Crippen molar-refractivity contribution < 1.29 is 29.2 Å². The number of nitrogens with two attached hydrogens (primary N) is 1. The van der Waals surface area contributed by atoms with Crippen LogP contribution in [-0.4, -0.2) is 90.7 Å². The Labute approximate surface area is 171 Å². The summed E-state index contributed by atoms with van der Waals surface area (Å²) in [6.45, 7) is 4.66. The van der Waals surface area contributed by atoms with E-state index in [9.17, 15) is 10.2 Å². The van der Waals surface area contributed by atoms with Gasteiger partial charge >= 0.3 is 0 Å². The van der Waals surface area contributed by atoms with Crippen molar-refractivity contribution >= 4 is 5.95 Å². The molecule has 1 aromatic rings. The van der Waals surface area contributed by atoms with Crippen LogP contribution in [0.2, 0.25) is 0 Å². The van der Waals surface area contributed by atoms with E-state index in [0.717, 1.165) is 12.8 Å². The molecule has 1 saturated heterocycles. The van der Waals surface area contributed by atoms with E-state index in [-0.39, 0.29) is 18.8 Å². The maximum absolute atomic E-state index is 10.2. The molecule has 0 saturated carbocycles. The van der Waals surface area contributed by atoms with Gasteiger partial charge in [-0.1, -0.05) is 13.3 Å². The predicted molar refractivity (Wildman–Crippen MR) is 107 cm³/mol. The number of aromatic nitrogens is 2. The summed E-state index contributed by atoms with van der Waals surface area (Å²) in [5.74, 6) is 0.839. The fourth-order valence-electron chi connectivity index (χ4n) is 3.11. The molecule has 166 valence electrons. The van der Waals surface area contributed by atoms with Crippen LogP contribution in [0.3, 0.4) is 0 Å².